The molecule has 1 heterocycles. The number of alkyl halides is 3. The van der Waals surface area contributed by atoms with E-state index in [1.54, 1.807) is 0 Å². The van der Waals surface area contributed by atoms with Gasteiger partial charge < -0.3 is 10.4 Å². The Labute approximate surface area is 123 Å². The maximum absolute atomic E-state index is 12.3. The van der Waals surface area contributed by atoms with E-state index in [4.69, 9.17) is 5.11 Å². The molecule has 0 saturated heterocycles. The van der Waals surface area contributed by atoms with Crippen molar-refractivity contribution in [2.75, 3.05) is 26.2 Å². The van der Waals surface area contributed by atoms with E-state index in [0.29, 0.717) is 17.9 Å². The van der Waals surface area contributed by atoms with E-state index in [2.05, 4.69) is 5.32 Å². The highest BCUT2D eigenvalue weighted by Gasteiger charge is 2.32. The van der Waals surface area contributed by atoms with Crippen LogP contribution >= 0.6 is 11.3 Å². The van der Waals surface area contributed by atoms with Gasteiger partial charge in [-0.1, -0.05) is 6.07 Å². The second kappa shape index (κ2) is 7.99. The number of carbonyl (C=O) groups excluding carboxylic acids is 1. The van der Waals surface area contributed by atoms with Crippen LogP contribution in [0.3, 0.4) is 0 Å². The highest BCUT2D eigenvalue weighted by molar-refractivity contribution is 7.09. The summed E-state index contributed by atoms with van der Waals surface area (Å²) < 4.78 is 36.8. The monoisotopic (exact) mass is 324 g/mol. The average molecular weight is 324 g/mol. The molecule has 0 fully saturated rings. The zero-order chi connectivity index (χ0) is 15.9. The maximum Gasteiger partial charge on any atom is 0.401 e. The lowest BCUT2D eigenvalue weighted by Gasteiger charge is -2.21. The first-order chi connectivity index (χ1) is 9.76. The van der Waals surface area contributed by atoms with Gasteiger partial charge in [-0.15, -0.1) is 11.3 Å². The van der Waals surface area contributed by atoms with Crippen molar-refractivity contribution in [2.24, 2.45) is 0 Å². The van der Waals surface area contributed by atoms with Crippen molar-refractivity contribution in [2.45, 2.75) is 12.6 Å². The van der Waals surface area contributed by atoms with Gasteiger partial charge in [-0.25, -0.2) is 0 Å². The number of carboxylic acid groups (broad SMARTS) is 1. The summed E-state index contributed by atoms with van der Waals surface area (Å²) in [5.74, 6) is -2.04. The second-order valence-corrected chi connectivity index (χ2v) is 5.37. The van der Waals surface area contributed by atoms with Gasteiger partial charge in [0.15, 0.2) is 0 Å². The van der Waals surface area contributed by atoms with Gasteiger partial charge in [0.1, 0.15) is 0 Å². The van der Waals surface area contributed by atoms with Crippen molar-refractivity contribution in [3.63, 3.8) is 0 Å². The zero-order valence-electron chi connectivity index (χ0n) is 11.0. The van der Waals surface area contributed by atoms with Gasteiger partial charge in [-0.05, 0) is 17.9 Å². The summed E-state index contributed by atoms with van der Waals surface area (Å²) in [5, 5.41) is 12.9. The van der Waals surface area contributed by atoms with Crippen molar-refractivity contribution >= 4 is 23.2 Å². The smallest absolute Gasteiger partial charge is 0.401 e. The Balaban J connectivity index is 2.38. The first-order valence-corrected chi connectivity index (χ1v) is 6.94. The van der Waals surface area contributed by atoms with E-state index < -0.39 is 37.7 Å². The van der Waals surface area contributed by atoms with Crippen molar-refractivity contribution in [3.8, 4) is 0 Å². The molecule has 0 aliphatic rings. The standard InChI is InChI=1S/C12H15F3N2O3S/c13-12(14,15)8-17(7-11(19)20)6-10(18)16-4-3-9-2-1-5-21-9/h1-2,5H,3-4,6-8H2,(H,16,18)(H,19,20). The van der Waals surface area contributed by atoms with Gasteiger partial charge in [0.2, 0.25) is 5.91 Å². The zero-order valence-corrected chi connectivity index (χ0v) is 11.8. The Morgan fingerprint density at radius 1 is 1.33 bits per heavy atom. The second-order valence-electron chi connectivity index (χ2n) is 4.33. The van der Waals surface area contributed by atoms with Gasteiger partial charge in [0.25, 0.3) is 0 Å². The van der Waals surface area contributed by atoms with Gasteiger partial charge in [-0.2, -0.15) is 13.2 Å². The van der Waals surface area contributed by atoms with Crippen LogP contribution in [-0.2, 0) is 16.0 Å². The minimum atomic E-state index is -4.55. The van der Waals surface area contributed by atoms with E-state index in [9.17, 15) is 22.8 Å². The average Bonchev–Trinajstić information content (AvgIpc) is 2.78. The van der Waals surface area contributed by atoms with Gasteiger partial charge in [-0.3, -0.25) is 14.5 Å². The van der Waals surface area contributed by atoms with Crippen LogP contribution in [0.1, 0.15) is 4.88 Å². The minimum absolute atomic E-state index is 0.298. The molecule has 0 spiro atoms. The lowest BCUT2D eigenvalue weighted by molar-refractivity contribution is -0.155. The van der Waals surface area contributed by atoms with E-state index in [-0.39, 0.29) is 0 Å². The maximum atomic E-state index is 12.3. The number of thiophene rings is 1. The highest BCUT2D eigenvalue weighted by atomic mass is 32.1. The Morgan fingerprint density at radius 3 is 2.57 bits per heavy atom. The Morgan fingerprint density at radius 2 is 2.05 bits per heavy atom. The van der Waals surface area contributed by atoms with E-state index in [0.717, 1.165) is 4.88 Å². The third-order valence-electron chi connectivity index (χ3n) is 2.40. The summed E-state index contributed by atoms with van der Waals surface area (Å²) in [6.07, 6.45) is -3.96. The van der Waals surface area contributed by atoms with Crippen molar-refractivity contribution < 1.29 is 27.9 Å². The Bertz CT molecular complexity index is 463. The number of amides is 1. The molecule has 0 bridgehead atoms. The molecule has 0 unspecified atom stereocenters. The first-order valence-electron chi connectivity index (χ1n) is 6.06. The van der Waals surface area contributed by atoms with Crippen LogP contribution in [0, 0.1) is 0 Å². The Hall–Kier alpha value is -1.61. The fourth-order valence-electron chi connectivity index (χ4n) is 1.65. The number of carbonyl (C=O) groups is 2. The molecule has 1 rings (SSSR count). The molecule has 5 nitrogen and oxygen atoms in total. The normalized spacial score (nSPS) is 11.6. The molecule has 1 amide bonds. The van der Waals surface area contributed by atoms with Crippen LogP contribution < -0.4 is 5.32 Å². The van der Waals surface area contributed by atoms with Crippen molar-refractivity contribution in [1.29, 1.82) is 0 Å². The molecule has 0 saturated carbocycles. The number of rotatable bonds is 8. The van der Waals surface area contributed by atoms with Crippen molar-refractivity contribution in [1.82, 2.24) is 10.2 Å². The minimum Gasteiger partial charge on any atom is -0.480 e. The van der Waals surface area contributed by atoms with Crippen LogP contribution in [0.2, 0.25) is 0 Å². The summed E-state index contributed by atoms with van der Waals surface area (Å²) >= 11 is 1.52. The molecule has 1 aromatic rings. The summed E-state index contributed by atoms with van der Waals surface area (Å²) in [5.41, 5.74) is 0. The predicted octanol–water partition coefficient (Wildman–Crippen LogP) is 1.36. The fraction of sp³-hybridized carbons (Fsp3) is 0.500. The molecule has 0 aliphatic heterocycles. The van der Waals surface area contributed by atoms with Crippen molar-refractivity contribution in [3.05, 3.63) is 22.4 Å². The number of hydrogen-bond acceptors (Lipinski definition) is 4. The fourth-order valence-corrected chi connectivity index (χ4v) is 2.36. The number of nitrogens with one attached hydrogen (secondary N) is 1. The number of carboxylic acids is 1. The summed E-state index contributed by atoms with van der Waals surface area (Å²) in [7, 11) is 0. The highest BCUT2D eigenvalue weighted by Crippen LogP contribution is 2.16. The Kier molecular flexibility index (Phi) is 6.63. The summed E-state index contributed by atoms with van der Waals surface area (Å²) in [4.78, 5) is 23.6. The molecule has 2 N–H and O–H groups in total. The predicted molar refractivity (Wildman–Crippen MR) is 71.2 cm³/mol. The number of nitrogens with zero attached hydrogens (tertiary/aromatic N) is 1. The van der Waals surface area contributed by atoms with Crippen LogP contribution in [0.4, 0.5) is 13.2 Å². The van der Waals surface area contributed by atoms with E-state index in [1.807, 2.05) is 17.5 Å². The molecule has 0 aromatic carbocycles. The van der Waals surface area contributed by atoms with Crippen LogP contribution in [0.5, 0.6) is 0 Å². The van der Waals surface area contributed by atoms with E-state index in [1.165, 1.54) is 11.3 Å². The molecule has 0 radical (unpaired) electrons. The van der Waals surface area contributed by atoms with Crippen LogP contribution in [-0.4, -0.2) is 54.2 Å². The third-order valence-corrected chi connectivity index (χ3v) is 3.34. The lowest BCUT2D eigenvalue weighted by Crippen LogP contribution is -2.44. The van der Waals surface area contributed by atoms with Gasteiger partial charge in [0.05, 0.1) is 19.6 Å². The molecule has 118 valence electrons. The summed E-state index contributed by atoms with van der Waals surface area (Å²) in [6, 6.07) is 3.75. The molecule has 1 aromatic heterocycles. The first kappa shape index (κ1) is 17.4. The largest absolute Gasteiger partial charge is 0.480 e. The number of halogens is 3. The molecular formula is C12H15F3N2O3S. The molecule has 21 heavy (non-hydrogen) atoms. The third kappa shape index (κ3) is 8.30. The quantitative estimate of drug-likeness (QED) is 0.757. The molecule has 0 aliphatic carbocycles. The summed E-state index contributed by atoms with van der Waals surface area (Å²) in [6.45, 7) is -2.57. The van der Waals surface area contributed by atoms with Gasteiger partial charge >= 0.3 is 12.1 Å². The number of hydrogen-bond donors (Lipinski definition) is 2. The number of aliphatic carboxylic acids is 1. The molecule has 0 atom stereocenters. The van der Waals surface area contributed by atoms with E-state index >= 15 is 0 Å². The van der Waals surface area contributed by atoms with Gasteiger partial charge in [0, 0.05) is 11.4 Å². The van der Waals surface area contributed by atoms with Crippen LogP contribution in [0.25, 0.3) is 0 Å². The topological polar surface area (TPSA) is 69.6 Å². The van der Waals surface area contributed by atoms with Crippen LogP contribution in [0.15, 0.2) is 17.5 Å². The SMILES string of the molecule is O=C(O)CN(CC(=O)NCCc1cccs1)CC(F)(F)F. The lowest BCUT2D eigenvalue weighted by atomic mass is 10.3. The molecule has 9 heteroatoms. The molecular weight excluding hydrogens is 309 g/mol.